The van der Waals surface area contributed by atoms with Crippen LogP contribution in [0.15, 0.2) is 52.0 Å². The average Bonchev–Trinajstić information content (AvgIpc) is 2.50. The second-order valence-electron chi connectivity index (χ2n) is 4.28. The maximum absolute atomic E-state index is 11.5. The van der Waals surface area contributed by atoms with E-state index in [1.54, 1.807) is 18.2 Å². The van der Waals surface area contributed by atoms with Crippen LogP contribution in [-0.2, 0) is 4.79 Å². The number of nitrogens with zero attached hydrogens (tertiary/aromatic N) is 1. The van der Waals surface area contributed by atoms with Crippen molar-refractivity contribution in [3.8, 4) is 17.2 Å². The molecule has 0 aliphatic heterocycles. The molecule has 114 valence electrons. The summed E-state index contributed by atoms with van der Waals surface area (Å²) in [4.78, 5) is 11.5. The molecule has 2 aromatic carbocycles. The molecule has 0 bridgehead atoms. The monoisotopic (exact) mass is 364 g/mol. The lowest BCUT2D eigenvalue weighted by Gasteiger charge is -2.04. The molecular weight excluding hydrogens is 352 g/mol. The third-order valence-electron chi connectivity index (χ3n) is 2.59. The van der Waals surface area contributed by atoms with E-state index in [0.29, 0.717) is 11.3 Å². The molecule has 0 aliphatic rings. The van der Waals surface area contributed by atoms with Crippen molar-refractivity contribution in [2.75, 3.05) is 6.61 Å². The van der Waals surface area contributed by atoms with Crippen LogP contribution in [-0.4, -0.2) is 28.9 Å². The van der Waals surface area contributed by atoms with Gasteiger partial charge in [-0.1, -0.05) is 15.9 Å². The van der Waals surface area contributed by atoms with Gasteiger partial charge in [0.1, 0.15) is 5.75 Å². The number of aromatic hydroxyl groups is 2. The number of ether oxygens (including phenoxy) is 1. The zero-order chi connectivity index (χ0) is 15.9. The molecule has 0 unspecified atom stereocenters. The fourth-order valence-corrected chi connectivity index (χ4v) is 1.78. The van der Waals surface area contributed by atoms with Gasteiger partial charge < -0.3 is 14.9 Å². The van der Waals surface area contributed by atoms with Crippen molar-refractivity contribution in [2.24, 2.45) is 5.10 Å². The first kappa shape index (κ1) is 15.8. The van der Waals surface area contributed by atoms with Gasteiger partial charge in [-0.15, -0.1) is 0 Å². The van der Waals surface area contributed by atoms with Crippen LogP contribution >= 0.6 is 15.9 Å². The van der Waals surface area contributed by atoms with Crippen molar-refractivity contribution < 1.29 is 19.7 Å². The number of benzene rings is 2. The third kappa shape index (κ3) is 4.78. The molecule has 0 heterocycles. The van der Waals surface area contributed by atoms with E-state index >= 15 is 0 Å². The smallest absolute Gasteiger partial charge is 0.277 e. The number of hydrazone groups is 1. The predicted molar refractivity (Wildman–Crippen MR) is 85.1 cm³/mol. The molecule has 0 fully saturated rings. The van der Waals surface area contributed by atoms with Crippen LogP contribution in [0.1, 0.15) is 5.56 Å². The highest BCUT2D eigenvalue weighted by Gasteiger charge is 2.02. The summed E-state index contributed by atoms with van der Waals surface area (Å²) in [6, 6.07) is 11.3. The Kier molecular flexibility index (Phi) is 5.37. The molecular formula is C15H13BrN2O4. The molecule has 0 aliphatic carbocycles. The molecule has 0 aromatic heterocycles. The van der Waals surface area contributed by atoms with Gasteiger partial charge in [-0.3, -0.25) is 4.79 Å². The molecule has 6 nitrogen and oxygen atoms in total. The SMILES string of the molecule is O=C(COc1ccc(Br)cc1)NN=Cc1ccc(O)c(O)c1. The van der Waals surface area contributed by atoms with Crippen LogP contribution in [0.2, 0.25) is 0 Å². The standard InChI is InChI=1S/C15H13BrN2O4/c16-11-2-4-12(5-3-11)22-9-15(21)18-17-8-10-1-6-13(19)14(20)7-10/h1-8,19-20H,9H2,(H,18,21). The number of amides is 1. The van der Waals surface area contributed by atoms with Crippen LogP contribution < -0.4 is 10.2 Å². The molecule has 7 heteroatoms. The van der Waals surface area contributed by atoms with E-state index < -0.39 is 5.91 Å². The molecule has 3 N–H and O–H groups in total. The summed E-state index contributed by atoms with van der Waals surface area (Å²) >= 11 is 3.30. The van der Waals surface area contributed by atoms with Crippen LogP contribution in [0.25, 0.3) is 0 Å². The van der Waals surface area contributed by atoms with Crippen molar-refractivity contribution in [3.63, 3.8) is 0 Å². The van der Waals surface area contributed by atoms with Crippen molar-refractivity contribution in [3.05, 3.63) is 52.5 Å². The van der Waals surface area contributed by atoms with Crippen molar-refractivity contribution >= 4 is 28.1 Å². The van der Waals surface area contributed by atoms with Gasteiger partial charge in [-0.2, -0.15) is 5.10 Å². The predicted octanol–water partition coefficient (Wildman–Crippen LogP) is 2.39. The second kappa shape index (κ2) is 7.46. The number of rotatable bonds is 5. The first-order valence-electron chi connectivity index (χ1n) is 6.27. The highest BCUT2D eigenvalue weighted by atomic mass is 79.9. The van der Waals surface area contributed by atoms with Crippen LogP contribution in [0.3, 0.4) is 0 Å². The zero-order valence-electron chi connectivity index (χ0n) is 11.4. The Labute approximate surface area is 135 Å². The molecule has 22 heavy (non-hydrogen) atoms. The van der Waals surface area contributed by atoms with Gasteiger partial charge in [-0.25, -0.2) is 5.43 Å². The van der Waals surface area contributed by atoms with Gasteiger partial charge in [0.15, 0.2) is 18.1 Å². The van der Waals surface area contributed by atoms with E-state index in [2.05, 4.69) is 26.5 Å². The van der Waals surface area contributed by atoms with Gasteiger partial charge in [0.25, 0.3) is 5.91 Å². The van der Waals surface area contributed by atoms with Gasteiger partial charge in [-0.05, 0) is 48.0 Å². The first-order valence-corrected chi connectivity index (χ1v) is 7.06. The molecule has 0 atom stereocenters. The topological polar surface area (TPSA) is 91.2 Å². The quantitative estimate of drug-likeness (QED) is 0.431. The van der Waals surface area contributed by atoms with Crippen LogP contribution in [0.5, 0.6) is 17.2 Å². The van der Waals surface area contributed by atoms with E-state index in [0.717, 1.165) is 4.47 Å². The molecule has 2 aromatic rings. The molecule has 1 amide bonds. The highest BCUT2D eigenvalue weighted by Crippen LogP contribution is 2.23. The lowest BCUT2D eigenvalue weighted by atomic mass is 10.2. The summed E-state index contributed by atoms with van der Waals surface area (Å²) < 4.78 is 6.20. The summed E-state index contributed by atoms with van der Waals surface area (Å²) in [5, 5.41) is 22.2. The third-order valence-corrected chi connectivity index (χ3v) is 3.11. The summed E-state index contributed by atoms with van der Waals surface area (Å²) in [5.74, 6) is -0.314. The van der Waals surface area contributed by atoms with E-state index in [9.17, 15) is 9.90 Å². The number of phenolic OH excluding ortho intramolecular Hbond substituents is 2. The fraction of sp³-hybridized carbons (Fsp3) is 0.0667. The normalized spacial score (nSPS) is 10.6. The maximum atomic E-state index is 11.5. The summed E-state index contributed by atoms with van der Waals surface area (Å²) in [6.07, 6.45) is 1.34. The molecule has 2 rings (SSSR count). The Morgan fingerprint density at radius 2 is 1.91 bits per heavy atom. The van der Waals surface area contributed by atoms with Crippen LogP contribution in [0, 0.1) is 0 Å². The Balaban J connectivity index is 1.80. The van der Waals surface area contributed by atoms with Gasteiger partial charge >= 0.3 is 0 Å². The highest BCUT2D eigenvalue weighted by molar-refractivity contribution is 9.10. The minimum atomic E-state index is -0.415. The Morgan fingerprint density at radius 3 is 2.59 bits per heavy atom. The fourth-order valence-electron chi connectivity index (χ4n) is 1.51. The van der Waals surface area contributed by atoms with E-state index in [4.69, 9.17) is 9.84 Å². The van der Waals surface area contributed by atoms with E-state index in [-0.39, 0.29) is 18.1 Å². The van der Waals surface area contributed by atoms with Gasteiger partial charge in [0.05, 0.1) is 6.21 Å². The first-order chi connectivity index (χ1) is 10.5. The van der Waals surface area contributed by atoms with Crippen molar-refractivity contribution in [2.45, 2.75) is 0 Å². The number of carbonyl (C=O) groups is 1. The van der Waals surface area contributed by atoms with Crippen molar-refractivity contribution in [1.82, 2.24) is 5.43 Å². The number of hydrogen-bond donors (Lipinski definition) is 3. The molecule has 0 spiro atoms. The minimum absolute atomic E-state index is 0.167. The summed E-state index contributed by atoms with van der Waals surface area (Å²) in [7, 11) is 0. The van der Waals surface area contributed by atoms with Crippen LogP contribution in [0.4, 0.5) is 0 Å². The number of carbonyl (C=O) groups excluding carboxylic acids is 1. The lowest BCUT2D eigenvalue weighted by molar-refractivity contribution is -0.123. The zero-order valence-corrected chi connectivity index (χ0v) is 12.9. The van der Waals surface area contributed by atoms with E-state index in [1.165, 1.54) is 18.3 Å². The van der Waals surface area contributed by atoms with E-state index in [1.807, 2.05) is 12.1 Å². The number of nitrogens with one attached hydrogen (secondary N) is 1. The molecule has 0 saturated carbocycles. The summed E-state index contributed by atoms with van der Waals surface area (Å²) in [5.41, 5.74) is 2.83. The minimum Gasteiger partial charge on any atom is -0.504 e. The Hall–Kier alpha value is -2.54. The maximum Gasteiger partial charge on any atom is 0.277 e. The van der Waals surface area contributed by atoms with Gasteiger partial charge in [0, 0.05) is 4.47 Å². The number of phenols is 2. The molecule has 0 saturated heterocycles. The average molecular weight is 365 g/mol. The lowest BCUT2D eigenvalue weighted by Crippen LogP contribution is -2.24. The largest absolute Gasteiger partial charge is 0.504 e. The Bertz CT molecular complexity index is 686. The van der Waals surface area contributed by atoms with Gasteiger partial charge in [0.2, 0.25) is 0 Å². The molecule has 0 radical (unpaired) electrons. The Morgan fingerprint density at radius 1 is 1.18 bits per heavy atom. The summed E-state index contributed by atoms with van der Waals surface area (Å²) in [6.45, 7) is -0.167. The number of halogens is 1. The number of hydrogen-bond acceptors (Lipinski definition) is 5. The second-order valence-corrected chi connectivity index (χ2v) is 5.20. The van der Waals surface area contributed by atoms with Crippen molar-refractivity contribution in [1.29, 1.82) is 0 Å².